The molecule has 1 atom stereocenters. The zero-order valence-corrected chi connectivity index (χ0v) is 28.5. The molecule has 0 bridgehead atoms. The van der Waals surface area contributed by atoms with Gasteiger partial charge in [-0.2, -0.15) is 4.98 Å². The van der Waals surface area contributed by atoms with Crippen molar-refractivity contribution in [3.63, 3.8) is 0 Å². The minimum absolute atomic E-state index is 0.00677. The van der Waals surface area contributed by atoms with Crippen LogP contribution in [0.1, 0.15) is 69.2 Å². The summed E-state index contributed by atoms with van der Waals surface area (Å²) < 4.78 is 64.8. The van der Waals surface area contributed by atoms with Crippen molar-refractivity contribution in [1.82, 2.24) is 24.8 Å². The van der Waals surface area contributed by atoms with Gasteiger partial charge in [0.2, 0.25) is 11.8 Å². The zero-order valence-electron chi connectivity index (χ0n) is 28.5. The smallest absolute Gasteiger partial charge is 0.410 e. The van der Waals surface area contributed by atoms with E-state index in [1.165, 1.54) is 35.2 Å². The fourth-order valence-corrected chi connectivity index (χ4v) is 5.32. The number of pyridine rings is 2. The van der Waals surface area contributed by atoms with Crippen molar-refractivity contribution in [1.29, 1.82) is 0 Å². The molecule has 1 amide bonds. The predicted octanol–water partition coefficient (Wildman–Crippen LogP) is 7.43. The lowest BCUT2D eigenvalue weighted by molar-refractivity contribution is -0.164. The molecule has 1 fully saturated rings. The van der Waals surface area contributed by atoms with E-state index in [-0.39, 0.29) is 55.7 Å². The van der Waals surface area contributed by atoms with E-state index in [2.05, 4.69) is 15.0 Å². The van der Waals surface area contributed by atoms with E-state index in [0.717, 1.165) is 19.3 Å². The number of rotatable bonds is 12. The number of halogens is 3. The maximum absolute atomic E-state index is 13.8. The monoisotopic (exact) mass is 694 g/mol. The molecule has 0 spiro atoms. The van der Waals surface area contributed by atoms with Gasteiger partial charge in [0.25, 0.3) is 6.43 Å². The summed E-state index contributed by atoms with van der Waals surface area (Å²) in [4.78, 5) is 32.0. The fourth-order valence-electron chi connectivity index (χ4n) is 5.32. The third-order valence-electron chi connectivity index (χ3n) is 7.52. The highest BCUT2D eigenvalue weighted by molar-refractivity contribution is 5.85. The van der Waals surface area contributed by atoms with E-state index in [9.17, 15) is 18.0 Å². The lowest BCUT2D eigenvalue weighted by atomic mass is 9.99. The lowest BCUT2D eigenvalue weighted by Crippen LogP contribution is -2.39. The van der Waals surface area contributed by atoms with Gasteiger partial charge < -0.3 is 24.7 Å². The molecule has 4 aromatic rings. The lowest BCUT2D eigenvalue weighted by Gasteiger charge is -2.28. The Morgan fingerprint density at radius 2 is 1.78 bits per heavy atom. The number of hydrogen-bond donors (Lipinski definition) is 1. The van der Waals surface area contributed by atoms with Crippen LogP contribution in [0.4, 0.5) is 23.9 Å². The standard InChI is InChI=1S/C36H41F3N6O5/c1-22-18-24(19-28(41-22)32(38)39)30-31(23-11-13-25(37)14-12-23)43-34(40)44-33(30)49-21-27-9-7-8-26(42-27)20-45(35(46)50-36(2,3)4)15-17-48-29-10-5-6-16-47-29/h7-9,11-14,18-19,29,32H,5-6,10,15-17,20-21H2,1-4H3,(H2,40,43,44). The Labute approximate surface area is 289 Å². The van der Waals surface area contributed by atoms with E-state index in [1.54, 1.807) is 52.0 Å². The van der Waals surface area contributed by atoms with Gasteiger partial charge in [-0.3, -0.25) is 14.9 Å². The average molecular weight is 695 g/mol. The summed E-state index contributed by atoms with van der Waals surface area (Å²) in [6.07, 6.45) is -0.824. The molecule has 0 aliphatic carbocycles. The van der Waals surface area contributed by atoms with Crippen molar-refractivity contribution < 1.29 is 36.9 Å². The number of anilines is 1. The van der Waals surface area contributed by atoms with Crippen LogP contribution in [0.5, 0.6) is 5.88 Å². The van der Waals surface area contributed by atoms with Crippen molar-refractivity contribution >= 4 is 12.0 Å². The number of nitrogens with two attached hydrogens (primary N) is 1. The van der Waals surface area contributed by atoms with Crippen LogP contribution >= 0.6 is 0 Å². The number of carbonyl (C=O) groups is 1. The molecule has 1 aliphatic heterocycles. The summed E-state index contributed by atoms with van der Waals surface area (Å²) in [6, 6.07) is 13.6. The number of aryl methyl sites for hydroxylation is 1. The van der Waals surface area contributed by atoms with Gasteiger partial charge in [0, 0.05) is 24.4 Å². The van der Waals surface area contributed by atoms with E-state index in [0.29, 0.717) is 34.8 Å². The first-order valence-electron chi connectivity index (χ1n) is 16.3. The molecule has 0 radical (unpaired) electrons. The van der Waals surface area contributed by atoms with E-state index < -0.39 is 29.6 Å². The van der Waals surface area contributed by atoms with Crippen molar-refractivity contribution in [2.45, 2.75) is 78.4 Å². The Morgan fingerprint density at radius 3 is 2.48 bits per heavy atom. The van der Waals surface area contributed by atoms with Crippen LogP contribution in [0, 0.1) is 12.7 Å². The number of aromatic nitrogens is 4. The van der Waals surface area contributed by atoms with Crippen LogP contribution < -0.4 is 10.5 Å². The number of benzene rings is 1. The first-order chi connectivity index (χ1) is 23.8. The number of carbonyl (C=O) groups excluding carboxylic acids is 1. The average Bonchev–Trinajstić information content (AvgIpc) is 3.06. The summed E-state index contributed by atoms with van der Waals surface area (Å²) in [5, 5.41) is 0. The highest BCUT2D eigenvalue weighted by Crippen LogP contribution is 2.39. The molecular weight excluding hydrogens is 653 g/mol. The summed E-state index contributed by atoms with van der Waals surface area (Å²) in [7, 11) is 0. The second-order valence-corrected chi connectivity index (χ2v) is 12.8. The van der Waals surface area contributed by atoms with Gasteiger partial charge in [-0.25, -0.2) is 22.9 Å². The number of amides is 1. The van der Waals surface area contributed by atoms with Crippen LogP contribution in [0.15, 0.2) is 54.6 Å². The zero-order chi connectivity index (χ0) is 35.8. The predicted molar refractivity (Wildman–Crippen MR) is 180 cm³/mol. The Morgan fingerprint density at radius 1 is 1.02 bits per heavy atom. The Hall–Kier alpha value is -4.82. The topological polar surface area (TPSA) is 135 Å². The summed E-state index contributed by atoms with van der Waals surface area (Å²) in [6.45, 7) is 8.16. The highest BCUT2D eigenvalue weighted by atomic mass is 19.3. The minimum atomic E-state index is -2.83. The van der Waals surface area contributed by atoms with Gasteiger partial charge in [-0.05, 0) is 101 Å². The second-order valence-electron chi connectivity index (χ2n) is 12.8. The van der Waals surface area contributed by atoms with Crippen molar-refractivity contribution in [3.05, 3.63) is 83.2 Å². The van der Waals surface area contributed by atoms with Crippen LogP contribution in [0.3, 0.4) is 0 Å². The second kappa shape index (κ2) is 16.3. The molecule has 266 valence electrons. The van der Waals surface area contributed by atoms with Crippen LogP contribution in [-0.2, 0) is 27.4 Å². The maximum Gasteiger partial charge on any atom is 0.410 e. The van der Waals surface area contributed by atoms with E-state index in [1.807, 2.05) is 0 Å². The van der Waals surface area contributed by atoms with E-state index in [4.69, 9.17) is 29.7 Å². The molecule has 4 heterocycles. The van der Waals surface area contributed by atoms with Crippen molar-refractivity contribution in [2.75, 3.05) is 25.5 Å². The minimum Gasteiger partial charge on any atom is -0.471 e. The quantitative estimate of drug-likeness (QED) is 0.160. The first-order valence-corrected chi connectivity index (χ1v) is 16.3. The van der Waals surface area contributed by atoms with Crippen LogP contribution in [0.25, 0.3) is 22.4 Å². The molecule has 50 heavy (non-hydrogen) atoms. The van der Waals surface area contributed by atoms with Crippen LogP contribution in [0.2, 0.25) is 0 Å². The van der Waals surface area contributed by atoms with Gasteiger partial charge >= 0.3 is 6.09 Å². The van der Waals surface area contributed by atoms with Crippen molar-refractivity contribution in [3.8, 4) is 28.3 Å². The molecule has 1 aliphatic rings. The number of ether oxygens (including phenoxy) is 4. The molecule has 0 saturated carbocycles. The summed E-state index contributed by atoms with van der Waals surface area (Å²) in [5.41, 5.74) is 7.66. The fraction of sp³-hybridized carbons (Fsp3) is 0.417. The Balaban J connectivity index is 1.41. The molecule has 5 rings (SSSR count). The molecule has 11 nitrogen and oxygen atoms in total. The SMILES string of the molecule is Cc1cc(-c2c(OCc3cccc(CN(CCOC4CCCCO4)C(=O)OC(C)(C)C)n3)nc(N)nc2-c2ccc(F)cc2)cc(C(F)F)n1. The third-order valence-corrected chi connectivity index (χ3v) is 7.52. The first kappa shape index (κ1) is 36.5. The maximum atomic E-state index is 13.8. The molecule has 3 aromatic heterocycles. The molecule has 2 N–H and O–H groups in total. The molecule has 1 unspecified atom stereocenters. The highest BCUT2D eigenvalue weighted by Gasteiger charge is 2.25. The number of nitrogens with zero attached hydrogens (tertiary/aromatic N) is 5. The van der Waals surface area contributed by atoms with Gasteiger partial charge in [-0.15, -0.1) is 0 Å². The Kier molecular flexibility index (Phi) is 11.9. The molecule has 1 aromatic carbocycles. The van der Waals surface area contributed by atoms with Crippen LogP contribution in [-0.4, -0.2) is 62.6 Å². The normalized spacial score (nSPS) is 14.8. The van der Waals surface area contributed by atoms with Gasteiger partial charge in [-0.1, -0.05) is 6.07 Å². The van der Waals surface area contributed by atoms with E-state index >= 15 is 0 Å². The summed E-state index contributed by atoms with van der Waals surface area (Å²) >= 11 is 0. The molecule has 14 heteroatoms. The summed E-state index contributed by atoms with van der Waals surface area (Å²) in [5.74, 6) is -0.596. The number of nitrogen functional groups attached to an aromatic ring is 1. The van der Waals surface area contributed by atoms with Crippen molar-refractivity contribution in [2.24, 2.45) is 0 Å². The van der Waals surface area contributed by atoms with Gasteiger partial charge in [0.1, 0.15) is 23.7 Å². The largest absolute Gasteiger partial charge is 0.471 e. The third kappa shape index (κ3) is 10.1. The number of alkyl halides is 2. The Bertz CT molecular complexity index is 1760. The number of hydrogen-bond acceptors (Lipinski definition) is 10. The van der Waals surface area contributed by atoms with Gasteiger partial charge in [0.05, 0.1) is 35.8 Å². The molecule has 1 saturated heterocycles. The molecular formula is C36H41F3N6O5. The van der Waals surface area contributed by atoms with Gasteiger partial charge in [0.15, 0.2) is 6.29 Å².